The number of rotatable bonds is 9. The average Bonchev–Trinajstić information content (AvgIpc) is 2.76. The minimum Gasteiger partial charge on any atom is -0.490 e. The van der Waals surface area contributed by atoms with Gasteiger partial charge >= 0.3 is 0 Å². The monoisotopic (exact) mass is 354 g/mol. The summed E-state index contributed by atoms with van der Waals surface area (Å²) < 4.78 is 5.58. The van der Waals surface area contributed by atoms with Gasteiger partial charge in [-0.1, -0.05) is 31.9 Å². The summed E-state index contributed by atoms with van der Waals surface area (Å²) in [5, 5.41) is 0. The minimum absolute atomic E-state index is 0.126. The van der Waals surface area contributed by atoms with Crippen molar-refractivity contribution in [3.63, 3.8) is 0 Å². The lowest BCUT2D eigenvalue weighted by molar-refractivity contribution is -0.111. The van der Waals surface area contributed by atoms with Crippen LogP contribution in [0.5, 0.6) is 0 Å². The van der Waals surface area contributed by atoms with Crippen molar-refractivity contribution < 1.29 is 14.3 Å². The number of carbonyl (C=O) groups excluding carboxylic acids is 2. The van der Waals surface area contributed by atoms with Gasteiger partial charge in [0.2, 0.25) is 0 Å². The standard InChI is InChI=1S/C17H23BrO3/c1-3-4-8-13-11-16(18)17(20)15(13)10-7-5-6-9-14(12-19)21-2/h10-11,13H,3-9H2,1-2H3. The van der Waals surface area contributed by atoms with Crippen molar-refractivity contribution in [1.82, 2.24) is 0 Å². The summed E-state index contributed by atoms with van der Waals surface area (Å²) >= 11 is 3.34. The lowest BCUT2D eigenvalue weighted by Crippen LogP contribution is -2.04. The summed E-state index contributed by atoms with van der Waals surface area (Å²) in [7, 11) is 1.49. The summed E-state index contributed by atoms with van der Waals surface area (Å²) in [6, 6.07) is 0. The van der Waals surface area contributed by atoms with Gasteiger partial charge in [0, 0.05) is 17.9 Å². The molecule has 116 valence electrons. The maximum Gasteiger partial charge on any atom is 0.195 e. The predicted octanol–water partition coefficient (Wildman–Crippen LogP) is 4.50. The molecule has 0 saturated heterocycles. The highest BCUT2D eigenvalue weighted by Crippen LogP contribution is 2.34. The quantitative estimate of drug-likeness (QED) is 0.265. The summed E-state index contributed by atoms with van der Waals surface area (Å²) in [6.07, 6.45) is 10.7. The fourth-order valence-corrected chi connectivity index (χ4v) is 2.99. The van der Waals surface area contributed by atoms with Crippen molar-refractivity contribution in [2.75, 3.05) is 7.11 Å². The second-order valence-corrected chi connectivity index (χ2v) is 6.08. The molecule has 0 aromatic rings. The molecule has 0 radical (unpaired) electrons. The van der Waals surface area contributed by atoms with E-state index in [0.29, 0.717) is 16.7 Å². The molecule has 1 atom stereocenters. The number of hydrogen-bond acceptors (Lipinski definition) is 3. The first-order chi connectivity index (χ1) is 10.1. The van der Waals surface area contributed by atoms with Crippen molar-refractivity contribution in [3.8, 4) is 0 Å². The molecule has 1 aliphatic carbocycles. The van der Waals surface area contributed by atoms with E-state index in [9.17, 15) is 9.59 Å². The third-order valence-electron chi connectivity index (χ3n) is 3.68. The van der Waals surface area contributed by atoms with Crippen LogP contribution in [0.3, 0.4) is 0 Å². The number of unbranched alkanes of at least 4 members (excludes halogenated alkanes) is 3. The summed E-state index contributed by atoms with van der Waals surface area (Å²) in [5.41, 5.74) is 0.924. The van der Waals surface area contributed by atoms with Crippen LogP contribution in [-0.2, 0) is 14.3 Å². The van der Waals surface area contributed by atoms with Crippen LogP contribution in [0.4, 0.5) is 0 Å². The minimum atomic E-state index is 0.126. The van der Waals surface area contributed by atoms with E-state index in [1.165, 1.54) is 7.11 Å². The van der Waals surface area contributed by atoms with Crippen molar-refractivity contribution in [2.24, 2.45) is 5.92 Å². The van der Waals surface area contributed by atoms with Crippen molar-refractivity contribution in [1.29, 1.82) is 0 Å². The Morgan fingerprint density at radius 3 is 2.81 bits per heavy atom. The van der Waals surface area contributed by atoms with E-state index >= 15 is 0 Å². The van der Waals surface area contributed by atoms with Gasteiger partial charge in [0.1, 0.15) is 0 Å². The van der Waals surface area contributed by atoms with E-state index in [1.807, 2.05) is 6.08 Å². The first-order valence-corrected chi connectivity index (χ1v) is 8.33. The van der Waals surface area contributed by atoms with E-state index in [1.54, 1.807) is 5.94 Å². The highest BCUT2D eigenvalue weighted by Gasteiger charge is 2.27. The normalized spacial score (nSPS) is 19.6. The van der Waals surface area contributed by atoms with Crippen LogP contribution in [0.1, 0.15) is 51.9 Å². The molecule has 3 nitrogen and oxygen atoms in total. The van der Waals surface area contributed by atoms with E-state index in [2.05, 4.69) is 28.9 Å². The molecular formula is C17H23BrO3. The number of methoxy groups -OCH3 is 1. The predicted molar refractivity (Wildman–Crippen MR) is 87.8 cm³/mol. The van der Waals surface area contributed by atoms with E-state index in [0.717, 1.165) is 44.1 Å². The van der Waals surface area contributed by atoms with Crippen LogP contribution in [0.25, 0.3) is 0 Å². The first kappa shape index (κ1) is 17.9. The zero-order valence-electron chi connectivity index (χ0n) is 12.8. The Kier molecular flexibility index (Phi) is 8.33. The van der Waals surface area contributed by atoms with Gasteiger partial charge in [-0.2, -0.15) is 0 Å². The van der Waals surface area contributed by atoms with Crippen LogP contribution in [-0.4, -0.2) is 18.8 Å². The molecule has 0 aliphatic heterocycles. The van der Waals surface area contributed by atoms with Gasteiger partial charge < -0.3 is 4.74 Å². The smallest absolute Gasteiger partial charge is 0.195 e. The second kappa shape index (κ2) is 9.75. The zero-order chi connectivity index (χ0) is 15.7. The Morgan fingerprint density at radius 1 is 1.43 bits per heavy atom. The molecule has 21 heavy (non-hydrogen) atoms. The summed E-state index contributed by atoms with van der Waals surface area (Å²) in [4.78, 5) is 22.6. The van der Waals surface area contributed by atoms with Gasteiger partial charge in [0.15, 0.2) is 17.5 Å². The molecule has 0 fully saturated rings. The van der Waals surface area contributed by atoms with Gasteiger partial charge in [-0.15, -0.1) is 0 Å². The molecule has 0 bridgehead atoms. The van der Waals surface area contributed by atoms with Gasteiger partial charge in [0.05, 0.1) is 11.6 Å². The first-order valence-electron chi connectivity index (χ1n) is 7.54. The van der Waals surface area contributed by atoms with Gasteiger partial charge in [-0.05, 0) is 41.6 Å². The molecule has 1 rings (SSSR count). The summed E-state index contributed by atoms with van der Waals surface area (Å²) in [5.74, 6) is 2.54. The lowest BCUT2D eigenvalue weighted by Gasteiger charge is -2.09. The highest BCUT2D eigenvalue weighted by atomic mass is 79.9. The van der Waals surface area contributed by atoms with Crippen LogP contribution in [0.15, 0.2) is 28.0 Å². The van der Waals surface area contributed by atoms with Crippen LogP contribution in [0.2, 0.25) is 0 Å². The Hall–Kier alpha value is -1.12. The second-order valence-electron chi connectivity index (χ2n) is 5.23. The fourth-order valence-electron chi connectivity index (χ4n) is 2.44. The number of halogens is 1. The van der Waals surface area contributed by atoms with Gasteiger partial charge in [-0.25, -0.2) is 4.79 Å². The molecule has 0 N–H and O–H groups in total. The van der Waals surface area contributed by atoms with E-state index in [-0.39, 0.29) is 11.7 Å². The number of hydrogen-bond donors (Lipinski definition) is 0. The van der Waals surface area contributed by atoms with E-state index in [4.69, 9.17) is 4.74 Å². The van der Waals surface area contributed by atoms with Crippen molar-refractivity contribution in [3.05, 3.63) is 28.0 Å². The molecule has 0 spiro atoms. The molecule has 0 aromatic carbocycles. The topological polar surface area (TPSA) is 43.4 Å². The van der Waals surface area contributed by atoms with Crippen LogP contribution < -0.4 is 0 Å². The molecule has 0 heterocycles. The largest absolute Gasteiger partial charge is 0.490 e. The third-order valence-corrected chi connectivity index (χ3v) is 4.30. The maximum absolute atomic E-state index is 12.1. The number of allylic oxidation sites excluding steroid dienone is 5. The number of Topliss-reactive ketones (excluding diaryl/α,β-unsaturated/α-hetero) is 1. The maximum atomic E-state index is 12.1. The number of ether oxygens (including phenoxy) is 1. The Labute approximate surface area is 135 Å². The third kappa shape index (κ3) is 5.64. The molecule has 0 amide bonds. The number of ketones is 1. The Morgan fingerprint density at radius 2 is 2.19 bits per heavy atom. The Balaban J connectivity index is 2.46. The molecular weight excluding hydrogens is 332 g/mol. The van der Waals surface area contributed by atoms with E-state index < -0.39 is 0 Å². The van der Waals surface area contributed by atoms with Crippen LogP contribution >= 0.6 is 15.9 Å². The SMILES string of the molecule is CCCCC1C=C(Br)C(=O)C1=CCCCCC(=C=O)OC. The fraction of sp³-hybridized carbons (Fsp3) is 0.588. The molecule has 4 heteroatoms. The molecule has 1 aliphatic rings. The average molecular weight is 355 g/mol. The van der Waals surface area contributed by atoms with Crippen LogP contribution in [0, 0.1) is 5.92 Å². The Bertz CT molecular complexity index is 470. The molecule has 1 unspecified atom stereocenters. The zero-order valence-corrected chi connectivity index (χ0v) is 14.4. The van der Waals surface area contributed by atoms with Gasteiger partial charge in [0.25, 0.3) is 0 Å². The van der Waals surface area contributed by atoms with Crippen molar-refractivity contribution in [2.45, 2.75) is 51.9 Å². The van der Waals surface area contributed by atoms with Gasteiger partial charge in [-0.3, -0.25) is 4.79 Å². The summed E-state index contributed by atoms with van der Waals surface area (Å²) in [6.45, 7) is 2.16. The lowest BCUT2D eigenvalue weighted by atomic mass is 9.95. The highest BCUT2D eigenvalue weighted by molar-refractivity contribution is 9.12. The van der Waals surface area contributed by atoms with Crippen molar-refractivity contribution >= 4 is 27.7 Å². The molecule has 0 aromatic heterocycles. The molecule has 0 saturated carbocycles. The number of carbonyl (C=O) groups is 1.